The molecular weight excluding hydrogens is 394 g/mol. The van der Waals surface area contributed by atoms with Crippen LogP contribution in [0.5, 0.6) is 23.0 Å². The molecule has 2 aliphatic rings. The Hall–Kier alpha value is -2.99. The van der Waals surface area contributed by atoms with Crippen molar-refractivity contribution in [2.24, 2.45) is 11.8 Å². The molecule has 31 heavy (non-hydrogen) atoms. The van der Waals surface area contributed by atoms with E-state index in [1.165, 1.54) is 11.0 Å². The maximum absolute atomic E-state index is 13.0. The first kappa shape index (κ1) is 21.2. The Morgan fingerprint density at radius 2 is 1.74 bits per heavy atom. The number of benzene rings is 2. The molecule has 0 radical (unpaired) electrons. The normalized spacial score (nSPS) is 16.0. The van der Waals surface area contributed by atoms with Gasteiger partial charge in [-0.05, 0) is 29.8 Å². The van der Waals surface area contributed by atoms with Gasteiger partial charge in [-0.3, -0.25) is 4.79 Å². The van der Waals surface area contributed by atoms with Gasteiger partial charge in [0.15, 0.2) is 17.3 Å². The van der Waals surface area contributed by atoms with Gasteiger partial charge in [-0.25, -0.2) is 0 Å². The van der Waals surface area contributed by atoms with Crippen molar-refractivity contribution < 1.29 is 29.0 Å². The van der Waals surface area contributed by atoms with Gasteiger partial charge in [0.05, 0.1) is 18.7 Å². The predicted octanol–water partition coefficient (Wildman–Crippen LogP) is 2.80. The van der Waals surface area contributed by atoms with Crippen molar-refractivity contribution in [1.29, 1.82) is 0 Å². The Morgan fingerprint density at radius 1 is 1.03 bits per heavy atom. The summed E-state index contributed by atoms with van der Waals surface area (Å²) >= 11 is 0. The summed E-state index contributed by atoms with van der Waals surface area (Å²) in [4.78, 5) is 14.3. The average molecular weight is 424 g/mol. The summed E-state index contributed by atoms with van der Waals surface area (Å²) in [6.45, 7) is 11.4. The van der Waals surface area contributed by atoms with E-state index in [1.807, 2.05) is 18.2 Å². The number of Topliss-reactive ketones (excluding diaryl/α,β-unsaturated/α-hetero) is 1. The fourth-order valence-corrected chi connectivity index (χ4v) is 4.24. The summed E-state index contributed by atoms with van der Waals surface area (Å²) < 4.78 is 16.7. The zero-order chi connectivity index (χ0) is 22.1. The van der Waals surface area contributed by atoms with Crippen LogP contribution >= 0.6 is 0 Å². The quantitative estimate of drug-likeness (QED) is 0.694. The summed E-state index contributed by atoms with van der Waals surface area (Å²) in [5, 5.41) is 12.7. The fraction of sp³-hybridized carbons (Fsp3) is 0.400. The molecule has 2 heterocycles. The van der Waals surface area contributed by atoms with Crippen molar-refractivity contribution in [2.75, 3.05) is 19.9 Å². The molecule has 0 aliphatic carbocycles. The number of fused-ring (bicyclic) bond motifs is 2. The van der Waals surface area contributed by atoms with Gasteiger partial charge in [0.25, 0.3) is 0 Å². The number of rotatable bonds is 7. The molecule has 164 valence electrons. The molecule has 4 rings (SSSR count). The van der Waals surface area contributed by atoms with Crippen molar-refractivity contribution in [2.45, 2.75) is 34.2 Å². The van der Waals surface area contributed by atoms with Gasteiger partial charge in [-0.1, -0.05) is 45.6 Å². The molecule has 2 aromatic rings. The summed E-state index contributed by atoms with van der Waals surface area (Å²) in [6, 6.07) is 8.53. The van der Waals surface area contributed by atoms with Crippen molar-refractivity contribution in [3.8, 4) is 23.0 Å². The molecule has 0 spiro atoms. The first-order valence-electron chi connectivity index (χ1n) is 10.8. The first-order valence-corrected chi connectivity index (χ1v) is 10.8. The van der Waals surface area contributed by atoms with Crippen LogP contribution in [0.25, 0.3) is 6.08 Å². The van der Waals surface area contributed by atoms with E-state index in [2.05, 4.69) is 27.7 Å². The van der Waals surface area contributed by atoms with Gasteiger partial charge in [0.1, 0.15) is 12.3 Å². The average Bonchev–Trinajstić information content (AvgIpc) is 3.28. The van der Waals surface area contributed by atoms with Crippen LogP contribution in [0.4, 0.5) is 0 Å². The van der Waals surface area contributed by atoms with E-state index in [0.29, 0.717) is 46.8 Å². The monoisotopic (exact) mass is 423 g/mol. The first-order chi connectivity index (χ1) is 14.8. The molecule has 0 amide bonds. The van der Waals surface area contributed by atoms with E-state index in [0.717, 1.165) is 18.7 Å². The SMILES string of the molecule is CC(C)C[NH+](Cc1c([O-])ccc2c1OC(=Cc1ccc3c(c1)OCO3)C2=O)CC(C)C. The number of nitrogens with one attached hydrogen (secondary N) is 1. The number of allylic oxidation sites excluding steroid dienone is 1. The van der Waals surface area contributed by atoms with Crippen molar-refractivity contribution in [3.63, 3.8) is 0 Å². The Labute approximate surface area is 183 Å². The lowest BCUT2D eigenvalue weighted by Crippen LogP contribution is -3.11. The zero-order valence-electron chi connectivity index (χ0n) is 18.5. The van der Waals surface area contributed by atoms with Crippen LogP contribution in [-0.4, -0.2) is 25.7 Å². The van der Waals surface area contributed by atoms with E-state index in [-0.39, 0.29) is 24.1 Å². The molecule has 1 N–H and O–H groups in total. The summed E-state index contributed by atoms with van der Waals surface area (Å²) in [5.74, 6) is 2.67. The summed E-state index contributed by atoms with van der Waals surface area (Å²) in [7, 11) is 0. The molecule has 2 aromatic carbocycles. The highest BCUT2D eigenvalue weighted by atomic mass is 16.7. The Balaban J connectivity index is 1.63. The minimum absolute atomic E-state index is 0.0825. The highest BCUT2D eigenvalue weighted by Crippen LogP contribution is 2.39. The Bertz CT molecular complexity index is 1010. The van der Waals surface area contributed by atoms with Gasteiger partial charge in [0, 0.05) is 17.4 Å². The van der Waals surface area contributed by atoms with Gasteiger partial charge >= 0.3 is 0 Å². The van der Waals surface area contributed by atoms with E-state index < -0.39 is 0 Å². The predicted molar refractivity (Wildman–Crippen MR) is 115 cm³/mol. The molecule has 0 saturated heterocycles. The van der Waals surface area contributed by atoms with Gasteiger partial charge in [-0.15, -0.1) is 0 Å². The van der Waals surface area contributed by atoms with Crippen LogP contribution < -0.4 is 24.2 Å². The second kappa shape index (κ2) is 8.63. The Morgan fingerprint density at radius 3 is 2.45 bits per heavy atom. The minimum Gasteiger partial charge on any atom is -0.872 e. The number of carbonyl (C=O) groups is 1. The fourth-order valence-electron chi connectivity index (χ4n) is 4.24. The maximum atomic E-state index is 13.0. The highest BCUT2D eigenvalue weighted by molar-refractivity contribution is 6.15. The number of hydrogen-bond donors (Lipinski definition) is 1. The molecule has 6 heteroatoms. The lowest BCUT2D eigenvalue weighted by atomic mass is 10.0. The van der Waals surface area contributed by atoms with Crippen LogP contribution in [0.2, 0.25) is 0 Å². The third-order valence-electron chi connectivity index (χ3n) is 5.41. The molecule has 6 nitrogen and oxygen atoms in total. The largest absolute Gasteiger partial charge is 0.872 e. The summed E-state index contributed by atoms with van der Waals surface area (Å²) in [5.41, 5.74) is 1.81. The molecule has 0 saturated carbocycles. The molecular formula is C25H29NO5. The molecule has 0 bridgehead atoms. The lowest BCUT2D eigenvalue weighted by molar-refractivity contribution is -0.919. The number of ether oxygens (including phenoxy) is 3. The van der Waals surface area contributed by atoms with Crippen LogP contribution in [0.15, 0.2) is 36.1 Å². The number of quaternary nitrogens is 1. The smallest absolute Gasteiger partial charge is 0.231 e. The number of carbonyl (C=O) groups excluding carboxylic acids is 1. The van der Waals surface area contributed by atoms with E-state index in [4.69, 9.17) is 14.2 Å². The second-order valence-corrected chi connectivity index (χ2v) is 9.09. The van der Waals surface area contributed by atoms with Gasteiger partial charge < -0.3 is 24.2 Å². The molecule has 0 unspecified atom stereocenters. The molecule has 0 atom stereocenters. The second-order valence-electron chi connectivity index (χ2n) is 9.09. The Kier molecular flexibility index (Phi) is 5.92. The number of hydrogen-bond acceptors (Lipinski definition) is 5. The van der Waals surface area contributed by atoms with Crippen LogP contribution in [0.3, 0.4) is 0 Å². The van der Waals surface area contributed by atoms with E-state index in [1.54, 1.807) is 12.1 Å². The van der Waals surface area contributed by atoms with Crippen LogP contribution in [0.1, 0.15) is 49.2 Å². The third kappa shape index (κ3) is 4.54. The van der Waals surface area contributed by atoms with E-state index in [9.17, 15) is 9.90 Å². The van der Waals surface area contributed by atoms with Crippen molar-refractivity contribution >= 4 is 11.9 Å². The van der Waals surface area contributed by atoms with E-state index >= 15 is 0 Å². The minimum atomic E-state index is -0.205. The maximum Gasteiger partial charge on any atom is 0.231 e. The highest BCUT2D eigenvalue weighted by Gasteiger charge is 2.31. The van der Waals surface area contributed by atoms with Crippen LogP contribution in [-0.2, 0) is 6.54 Å². The van der Waals surface area contributed by atoms with Gasteiger partial charge in [-0.2, -0.15) is 0 Å². The standard InChI is InChI=1S/C25H29NO5/c1-15(2)11-26(12-16(3)4)13-19-20(27)7-6-18-24(28)23(31-25(18)19)10-17-5-8-21-22(9-17)30-14-29-21/h5-10,15-16,27H,11-14H2,1-4H3. The summed E-state index contributed by atoms with van der Waals surface area (Å²) in [6.07, 6.45) is 1.69. The van der Waals surface area contributed by atoms with Crippen molar-refractivity contribution in [1.82, 2.24) is 0 Å². The molecule has 2 aliphatic heterocycles. The van der Waals surface area contributed by atoms with Gasteiger partial charge in [0.2, 0.25) is 12.6 Å². The number of ketones is 1. The topological polar surface area (TPSA) is 72.3 Å². The third-order valence-corrected chi connectivity index (χ3v) is 5.41. The van der Waals surface area contributed by atoms with Crippen molar-refractivity contribution in [3.05, 3.63) is 52.8 Å². The van der Waals surface area contributed by atoms with Crippen LogP contribution in [0, 0.1) is 11.8 Å². The lowest BCUT2D eigenvalue weighted by Gasteiger charge is -2.26. The molecule has 0 aromatic heterocycles. The zero-order valence-corrected chi connectivity index (χ0v) is 18.5. The molecule has 0 fully saturated rings.